The van der Waals surface area contributed by atoms with Crippen molar-refractivity contribution >= 4 is 21.8 Å². The summed E-state index contributed by atoms with van der Waals surface area (Å²) in [6, 6.07) is 0. The van der Waals surface area contributed by atoms with Crippen LogP contribution in [0.2, 0.25) is 0 Å². The van der Waals surface area contributed by atoms with Crippen molar-refractivity contribution in [2.45, 2.75) is 19.4 Å². The Balaban J connectivity index is 2.69. The fourth-order valence-corrected chi connectivity index (χ4v) is 0.961. The summed E-state index contributed by atoms with van der Waals surface area (Å²) in [6.07, 6.45) is 4.47. The predicted octanol–water partition coefficient (Wildman–Crippen LogP) is 1.38. The summed E-state index contributed by atoms with van der Waals surface area (Å²) in [4.78, 5) is 19.3. The molecule has 5 heteroatoms. The second-order valence-corrected chi connectivity index (χ2v) is 4.12. The molecule has 1 N–H and O–H groups in total. The molecule has 1 heterocycles. The summed E-state index contributed by atoms with van der Waals surface area (Å²) >= 11 is 3.32. The summed E-state index contributed by atoms with van der Waals surface area (Å²) in [5, 5.41) is 3.52. The summed E-state index contributed by atoms with van der Waals surface area (Å²) in [6.45, 7) is 3.85. The van der Waals surface area contributed by atoms with Gasteiger partial charge in [0.05, 0.1) is 6.20 Å². The molecule has 0 radical (unpaired) electrons. The van der Waals surface area contributed by atoms with Gasteiger partial charge < -0.3 is 5.32 Å². The maximum atomic E-state index is 11.6. The van der Waals surface area contributed by atoms with Gasteiger partial charge in [0, 0.05) is 23.3 Å². The summed E-state index contributed by atoms with van der Waals surface area (Å²) in [5.41, 5.74) is 0.0516. The number of carbonyl (C=O) groups is 1. The van der Waals surface area contributed by atoms with Crippen LogP contribution in [-0.2, 0) is 0 Å². The Bertz CT molecular complexity index is 313. The van der Waals surface area contributed by atoms with Crippen molar-refractivity contribution in [2.24, 2.45) is 0 Å². The van der Waals surface area contributed by atoms with E-state index in [1.54, 1.807) is 0 Å². The third-order valence-electron chi connectivity index (χ3n) is 1.58. The molecular formula is C9H12BrN3O. The van der Waals surface area contributed by atoms with E-state index >= 15 is 0 Å². The van der Waals surface area contributed by atoms with Crippen molar-refractivity contribution in [3.05, 3.63) is 24.3 Å². The van der Waals surface area contributed by atoms with Crippen molar-refractivity contribution in [2.75, 3.05) is 5.33 Å². The van der Waals surface area contributed by atoms with E-state index in [-0.39, 0.29) is 11.4 Å². The fourth-order valence-electron chi connectivity index (χ4n) is 0.821. The summed E-state index contributed by atoms with van der Waals surface area (Å²) in [5.74, 6) is -0.206. The Morgan fingerprint density at radius 3 is 2.79 bits per heavy atom. The number of rotatable bonds is 3. The fraction of sp³-hybridized carbons (Fsp3) is 0.444. The van der Waals surface area contributed by atoms with Gasteiger partial charge in [-0.05, 0) is 13.8 Å². The molecule has 1 aromatic heterocycles. The number of alkyl halides is 1. The number of nitrogens with zero attached hydrogens (tertiary/aromatic N) is 2. The van der Waals surface area contributed by atoms with Crippen LogP contribution in [0.25, 0.3) is 0 Å². The standard InChI is InChI=1S/C9H12BrN3O/c1-9(2,6-10)13-8(14)7-5-11-3-4-12-7/h3-5H,6H2,1-2H3,(H,13,14). The number of amides is 1. The van der Waals surface area contributed by atoms with Gasteiger partial charge in [0.1, 0.15) is 5.69 Å². The number of carbonyl (C=O) groups excluding carboxylic acids is 1. The molecule has 0 aliphatic heterocycles. The lowest BCUT2D eigenvalue weighted by Gasteiger charge is -2.22. The van der Waals surface area contributed by atoms with Gasteiger partial charge in [-0.3, -0.25) is 9.78 Å². The monoisotopic (exact) mass is 257 g/mol. The number of hydrogen-bond donors (Lipinski definition) is 1. The molecule has 0 aromatic carbocycles. The molecule has 1 amide bonds. The van der Waals surface area contributed by atoms with Crippen molar-refractivity contribution in [1.29, 1.82) is 0 Å². The maximum absolute atomic E-state index is 11.6. The van der Waals surface area contributed by atoms with Gasteiger partial charge in [0.25, 0.3) is 5.91 Å². The Morgan fingerprint density at radius 2 is 2.29 bits per heavy atom. The van der Waals surface area contributed by atoms with Crippen LogP contribution in [0.5, 0.6) is 0 Å². The van der Waals surface area contributed by atoms with E-state index in [1.165, 1.54) is 18.6 Å². The van der Waals surface area contributed by atoms with Gasteiger partial charge in [-0.25, -0.2) is 4.98 Å². The molecule has 14 heavy (non-hydrogen) atoms. The van der Waals surface area contributed by atoms with Crippen molar-refractivity contribution in [1.82, 2.24) is 15.3 Å². The van der Waals surface area contributed by atoms with E-state index in [0.717, 1.165) is 0 Å². The van der Waals surface area contributed by atoms with Gasteiger partial charge in [-0.2, -0.15) is 0 Å². The van der Waals surface area contributed by atoms with Crippen LogP contribution in [0.1, 0.15) is 24.3 Å². The first kappa shape index (κ1) is 11.1. The lowest BCUT2D eigenvalue weighted by molar-refractivity contribution is 0.0915. The molecule has 0 atom stereocenters. The zero-order valence-corrected chi connectivity index (χ0v) is 9.71. The molecule has 1 rings (SSSR count). The average Bonchev–Trinajstić information content (AvgIpc) is 2.19. The molecule has 0 unspecified atom stereocenters. The number of halogens is 1. The molecule has 1 aromatic rings. The first-order chi connectivity index (χ1) is 6.55. The highest BCUT2D eigenvalue weighted by Gasteiger charge is 2.20. The SMILES string of the molecule is CC(C)(CBr)NC(=O)c1cnccn1. The van der Waals surface area contributed by atoms with Gasteiger partial charge in [-0.15, -0.1) is 0 Å². The van der Waals surface area contributed by atoms with Gasteiger partial charge in [0.15, 0.2) is 0 Å². The Morgan fingerprint density at radius 1 is 1.57 bits per heavy atom. The second-order valence-electron chi connectivity index (χ2n) is 3.56. The van der Waals surface area contributed by atoms with Crippen molar-refractivity contribution in [3.8, 4) is 0 Å². The highest BCUT2D eigenvalue weighted by atomic mass is 79.9. The molecule has 0 spiro atoms. The minimum atomic E-state index is -0.283. The minimum absolute atomic E-state index is 0.206. The molecule has 0 fully saturated rings. The average molecular weight is 258 g/mol. The summed E-state index contributed by atoms with van der Waals surface area (Å²) in [7, 11) is 0. The third-order valence-corrected chi connectivity index (χ3v) is 2.98. The number of aromatic nitrogens is 2. The first-order valence-electron chi connectivity index (χ1n) is 4.20. The quantitative estimate of drug-likeness (QED) is 0.833. The van der Waals surface area contributed by atoms with E-state index in [1.807, 2.05) is 13.8 Å². The van der Waals surface area contributed by atoms with Crippen LogP contribution in [0.3, 0.4) is 0 Å². The summed E-state index contributed by atoms with van der Waals surface area (Å²) < 4.78 is 0. The van der Waals surface area contributed by atoms with Crippen LogP contribution in [-0.4, -0.2) is 26.7 Å². The molecular weight excluding hydrogens is 246 g/mol. The zero-order valence-electron chi connectivity index (χ0n) is 8.12. The smallest absolute Gasteiger partial charge is 0.271 e. The van der Waals surface area contributed by atoms with E-state index in [4.69, 9.17) is 0 Å². The van der Waals surface area contributed by atoms with Gasteiger partial charge in [0.2, 0.25) is 0 Å². The highest BCUT2D eigenvalue weighted by molar-refractivity contribution is 9.09. The van der Waals surface area contributed by atoms with Crippen molar-refractivity contribution < 1.29 is 4.79 Å². The van der Waals surface area contributed by atoms with E-state index in [0.29, 0.717) is 11.0 Å². The largest absolute Gasteiger partial charge is 0.345 e. The van der Waals surface area contributed by atoms with Gasteiger partial charge in [-0.1, -0.05) is 15.9 Å². The normalized spacial score (nSPS) is 11.1. The van der Waals surface area contributed by atoms with Crippen LogP contribution in [0.4, 0.5) is 0 Å². The number of nitrogens with one attached hydrogen (secondary N) is 1. The molecule has 0 aliphatic rings. The first-order valence-corrected chi connectivity index (χ1v) is 5.32. The predicted molar refractivity (Wildman–Crippen MR) is 57.4 cm³/mol. The molecule has 4 nitrogen and oxygen atoms in total. The Hall–Kier alpha value is -0.970. The van der Waals surface area contributed by atoms with Crippen LogP contribution in [0, 0.1) is 0 Å². The lowest BCUT2D eigenvalue weighted by atomic mass is 10.1. The lowest BCUT2D eigenvalue weighted by Crippen LogP contribution is -2.45. The molecule has 0 saturated heterocycles. The van der Waals surface area contributed by atoms with E-state index in [2.05, 4.69) is 31.2 Å². The van der Waals surface area contributed by atoms with Crippen LogP contribution >= 0.6 is 15.9 Å². The molecule has 0 saturated carbocycles. The van der Waals surface area contributed by atoms with Gasteiger partial charge >= 0.3 is 0 Å². The van der Waals surface area contributed by atoms with Crippen LogP contribution in [0.15, 0.2) is 18.6 Å². The minimum Gasteiger partial charge on any atom is -0.345 e. The van der Waals surface area contributed by atoms with Crippen molar-refractivity contribution in [3.63, 3.8) is 0 Å². The Labute approximate surface area is 91.3 Å². The Kier molecular flexibility index (Phi) is 3.57. The highest BCUT2D eigenvalue weighted by Crippen LogP contribution is 2.06. The van der Waals surface area contributed by atoms with E-state index in [9.17, 15) is 4.79 Å². The second kappa shape index (κ2) is 4.50. The van der Waals surface area contributed by atoms with Crippen LogP contribution < -0.4 is 5.32 Å². The molecule has 0 bridgehead atoms. The topological polar surface area (TPSA) is 54.9 Å². The molecule has 76 valence electrons. The molecule has 0 aliphatic carbocycles. The third kappa shape index (κ3) is 3.06. The number of hydrogen-bond acceptors (Lipinski definition) is 3. The maximum Gasteiger partial charge on any atom is 0.271 e. The zero-order chi connectivity index (χ0) is 10.6. The van der Waals surface area contributed by atoms with E-state index < -0.39 is 0 Å².